The van der Waals surface area contributed by atoms with Crippen LogP contribution in [-0.4, -0.2) is 24.4 Å². The lowest BCUT2D eigenvalue weighted by atomic mass is 10.1. The van der Waals surface area contributed by atoms with Crippen LogP contribution in [0.25, 0.3) is 0 Å². The minimum absolute atomic E-state index is 0.174. The molecule has 2 nitrogen and oxygen atoms in total. The zero-order valence-electron chi connectivity index (χ0n) is 9.53. The summed E-state index contributed by atoms with van der Waals surface area (Å²) in [5.74, 6) is -8.98. The summed E-state index contributed by atoms with van der Waals surface area (Å²) in [6, 6.07) is 0. The van der Waals surface area contributed by atoms with Crippen LogP contribution in [0.2, 0.25) is 0 Å². The topological polar surface area (TPSA) is 26.3 Å². The van der Waals surface area contributed by atoms with Crippen molar-refractivity contribution in [1.29, 1.82) is 0 Å². The number of halogens is 4. The van der Waals surface area contributed by atoms with Gasteiger partial charge >= 0.3 is 17.8 Å². The molecule has 0 aromatic rings. The van der Waals surface area contributed by atoms with E-state index in [9.17, 15) is 22.4 Å². The van der Waals surface area contributed by atoms with Crippen LogP contribution in [0.3, 0.4) is 0 Å². The van der Waals surface area contributed by atoms with Crippen molar-refractivity contribution >= 4 is 5.97 Å². The van der Waals surface area contributed by atoms with Crippen LogP contribution in [0, 0.1) is 5.92 Å². The van der Waals surface area contributed by atoms with E-state index in [1.807, 2.05) is 0 Å². The van der Waals surface area contributed by atoms with Gasteiger partial charge in [0.2, 0.25) is 0 Å². The van der Waals surface area contributed by atoms with Crippen molar-refractivity contribution in [2.75, 3.05) is 6.61 Å². The molecule has 0 bridgehead atoms. The highest BCUT2D eigenvalue weighted by atomic mass is 19.3. The number of carbonyl (C=O) groups excluding carboxylic acids is 1. The maximum Gasteiger partial charge on any atom is 0.310 e. The first-order chi connectivity index (χ1) is 7.08. The van der Waals surface area contributed by atoms with Gasteiger partial charge in [-0.2, -0.15) is 8.78 Å². The Morgan fingerprint density at radius 3 is 2.12 bits per heavy atom. The SMILES string of the molecule is CC(C)C(=O)OCCCC(F)(F)C(C)(F)F. The highest BCUT2D eigenvalue weighted by Crippen LogP contribution is 2.37. The zero-order chi connectivity index (χ0) is 13.0. The monoisotopic (exact) mass is 244 g/mol. The maximum absolute atomic E-state index is 12.7. The molecule has 16 heavy (non-hydrogen) atoms. The average molecular weight is 244 g/mol. The van der Waals surface area contributed by atoms with Gasteiger partial charge in [-0.05, 0) is 6.42 Å². The molecule has 0 rings (SSSR count). The molecule has 0 aliphatic rings. The van der Waals surface area contributed by atoms with E-state index in [1.54, 1.807) is 13.8 Å². The van der Waals surface area contributed by atoms with Crippen LogP contribution >= 0.6 is 0 Å². The Morgan fingerprint density at radius 1 is 1.25 bits per heavy atom. The molecule has 0 aromatic heterocycles. The molecule has 0 amide bonds. The highest BCUT2D eigenvalue weighted by molar-refractivity contribution is 5.71. The molecule has 0 radical (unpaired) electrons. The molecule has 6 heteroatoms. The van der Waals surface area contributed by atoms with Crippen molar-refractivity contribution < 1.29 is 27.1 Å². The molecule has 0 aliphatic heterocycles. The molecule has 0 atom stereocenters. The van der Waals surface area contributed by atoms with Gasteiger partial charge in [0.05, 0.1) is 12.5 Å². The second-order valence-corrected chi connectivity index (χ2v) is 4.02. The number of esters is 1. The number of carbonyl (C=O) groups is 1. The summed E-state index contributed by atoms with van der Waals surface area (Å²) >= 11 is 0. The van der Waals surface area contributed by atoms with Crippen LogP contribution in [0.5, 0.6) is 0 Å². The van der Waals surface area contributed by atoms with Gasteiger partial charge in [-0.1, -0.05) is 13.8 Å². The van der Waals surface area contributed by atoms with Gasteiger partial charge in [0.1, 0.15) is 0 Å². The second kappa shape index (κ2) is 5.50. The lowest BCUT2D eigenvalue weighted by Gasteiger charge is -2.22. The number of alkyl halides is 4. The zero-order valence-corrected chi connectivity index (χ0v) is 9.53. The van der Waals surface area contributed by atoms with Crippen LogP contribution in [0.15, 0.2) is 0 Å². The third kappa shape index (κ3) is 4.81. The molecule has 0 spiro atoms. The summed E-state index contributed by atoms with van der Waals surface area (Å²) in [5, 5.41) is 0. The first-order valence-electron chi connectivity index (χ1n) is 5.00. The Kier molecular flexibility index (Phi) is 5.22. The fraction of sp³-hybridized carbons (Fsp3) is 0.900. The third-order valence-electron chi connectivity index (χ3n) is 1.99. The molecule has 0 heterocycles. The summed E-state index contributed by atoms with van der Waals surface area (Å²) in [4.78, 5) is 10.9. The van der Waals surface area contributed by atoms with Crippen molar-refractivity contribution in [3.05, 3.63) is 0 Å². The summed E-state index contributed by atoms with van der Waals surface area (Å²) in [5.41, 5.74) is 0. The standard InChI is InChI=1S/C10H16F4O2/c1-7(2)8(15)16-6-4-5-10(13,14)9(3,11)12/h7H,4-6H2,1-3H3. The second-order valence-electron chi connectivity index (χ2n) is 4.02. The summed E-state index contributed by atoms with van der Waals surface area (Å²) < 4.78 is 54.8. The molecular weight excluding hydrogens is 228 g/mol. The van der Waals surface area contributed by atoms with Crippen molar-refractivity contribution in [2.45, 2.75) is 45.5 Å². The fourth-order valence-corrected chi connectivity index (χ4v) is 0.853. The van der Waals surface area contributed by atoms with Gasteiger partial charge < -0.3 is 4.74 Å². The minimum atomic E-state index is -4.06. The van der Waals surface area contributed by atoms with Crippen LogP contribution in [0.1, 0.15) is 33.6 Å². The summed E-state index contributed by atoms with van der Waals surface area (Å²) in [7, 11) is 0. The predicted molar refractivity (Wildman–Crippen MR) is 50.6 cm³/mol. The molecule has 0 saturated carbocycles. The third-order valence-corrected chi connectivity index (χ3v) is 1.99. The predicted octanol–water partition coefficient (Wildman–Crippen LogP) is 3.26. The van der Waals surface area contributed by atoms with Crippen molar-refractivity contribution in [3.63, 3.8) is 0 Å². The van der Waals surface area contributed by atoms with Crippen LogP contribution < -0.4 is 0 Å². The van der Waals surface area contributed by atoms with Gasteiger partial charge in [0.25, 0.3) is 0 Å². The van der Waals surface area contributed by atoms with Gasteiger partial charge in [0.15, 0.2) is 0 Å². The maximum atomic E-state index is 12.7. The lowest BCUT2D eigenvalue weighted by molar-refractivity contribution is -0.202. The van der Waals surface area contributed by atoms with E-state index in [1.165, 1.54) is 0 Å². The van der Waals surface area contributed by atoms with E-state index in [0.29, 0.717) is 0 Å². The number of rotatable bonds is 6. The van der Waals surface area contributed by atoms with E-state index in [-0.39, 0.29) is 25.9 Å². The lowest BCUT2D eigenvalue weighted by Crippen LogP contribution is -2.37. The van der Waals surface area contributed by atoms with Crippen molar-refractivity contribution in [2.24, 2.45) is 5.92 Å². The normalized spacial score (nSPS) is 13.0. The highest BCUT2D eigenvalue weighted by Gasteiger charge is 2.51. The van der Waals surface area contributed by atoms with Crippen molar-refractivity contribution in [1.82, 2.24) is 0 Å². The summed E-state index contributed by atoms with van der Waals surface area (Å²) in [6.45, 7) is 3.10. The Balaban J connectivity index is 3.88. The average Bonchev–Trinajstić information content (AvgIpc) is 2.09. The molecule has 0 saturated heterocycles. The Bertz CT molecular complexity index is 233. The minimum Gasteiger partial charge on any atom is -0.465 e. The molecule has 0 fully saturated rings. The smallest absolute Gasteiger partial charge is 0.310 e. The number of hydrogen-bond donors (Lipinski definition) is 0. The quantitative estimate of drug-likeness (QED) is 0.407. The van der Waals surface area contributed by atoms with E-state index < -0.39 is 24.2 Å². The first kappa shape index (κ1) is 15.2. The van der Waals surface area contributed by atoms with Crippen LogP contribution in [0.4, 0.5) is 17.6 Å². The van der Waals surface area contributed by atoms with E-state index in [0.717, 1.165) is 0 Å². The van der Waals surface area contributed by atoms with Crippen LogP contribution in [-0.2, 0) is 9.53 Å². The van der Waals surface area contributed by atoms with E-state index in [4.69, 9.17) is 0 Å². The van der Waals surface area contributed by atoms with E-state index >= 15 is 0 Å². The number of ether oxygens (including phenoxy) is 1. The Labute approximate surface area is 92.0 Å². The fourth-order valence-electron chi connectivity index (χ4n) is 0.853. The van der Waals surface area contributed by atoms with Gasteiger partial charge in [-0.15, -0.1) is 0 Å². The largest absolute Gasteiger partial charge is 0.465 e. The molecule has 0 N–H and O–H groups in total. The molecular formula is C10H16F4O2. The molecule has 0 aromatic carbocycles. The van der Waals surface area contributed by atoms with E-state index in [2.05, 4.69) is 4.74 Å². The van der Waals surface area contributed by atoms with Gasteiger partial charge in [0, 0.05) is 13.3 Å². The molecule has 0 unspecified atom stereocenters. The Hall–Kier alpha value is -0.810. The van der Waals surface area contributed by atoms with Gasteiger partial charge in [-0.3, -0.25) is 4.79 Å². The van der Waals surface area contributed by atoms with Crippen molar-refractivity contribution in [3.8, 4) is 0 Å². The number of hydrogen-bond acceptors (Lipinski definition) is 2. The first-order valence-corrected chi connectivity index (χ1v) is 5.00. The van der Waals surface area contributed by atoms with Gasteiger partial charge in [-0.25, -0.2) is 8.78 Å². The summed E-state index contributed by atoms with van der Waals surface area (Å²) in [6.07, 6.45) is -1.28. The Morgan fingerprint density at radius 2 is 1.75 bits per heavy atom. The molecule has 0 aliphatic carbocycles. The molecule has 96 valence electrons.